The summed E-state index contributed by atoms with van der Waals surface area (Å²) >= 11 is 7.50. The number of carboxylic acid groups (broad SMARTS) is 1. The van der Waals surface area contributed by atoms with E-state index in [0.717, 1.165) is 21.2 Å². The van der Waals surface area contributed by atoms with E-state index in [2.05, 4.69) is 5.10 Å². The summed E-state index contributed by atoms with van der Waals surface area (Å²) in [5.41, 5.74) is 2.88. The number of carboxylic acids is 1. The number of benzene rings is 2. The maximum Gasteiger partial charge on any atom is 0.335 e. The molecule has 0 aliphatic rings. The standard InChI is InChI=1S/C22H19ClFN3O2S/c1-4-26-11-14(10-25-26)27-13(3)21(16-7-8-18(23)19(24)20(16)27)30-15-6-5-12(2)17(9-15)22(28)29/h5-11H,4H2,1-3H3,(H,28,29). The van der Waals surface area contributed by atoms with Crippen LogP contribution in [0.5, 0.6) is 0 Å². The summed E-state index contributed by atoms with van der Waals surface area (Å²) in [6.07, 6.45) is 3.55. The number of fused-ring (bicyclic) bond motifs is 1. The van der Waals surface area contributed by atoms with Crippen LogP contribution < -0.4 is 0 Å². The highest BCUT2D eigenvalue weighted by Gasteiger charge is 2.22. The monoisotopic (exact) mass is 443 g/mol. The number of halogens is 2. The largest absolute Gasteiger partial charge is 0.478 e. The fraction of sp³-hybridized carbons (Fsp3) is 0.182. The van der Waals surface area contributed by atoms with Crippen LogP contribution in [-0.4, -0.2) is 25.4 Å². The first kappa shape index (κ1) is 20.5. The van der Waals surface area contributed by atoms with E-state index in [1.54, 1.807) is 42.1 Å². The Morgan fingerprint density at radius 2 is 2.03 bits per heavy atom. The highest BCUT2D eigenvalue weighted by Crippen LogP contribution is 2.42. The minimum atomic E-state index is -0.973. The first-order valence-electron chi connectivity index (χ1n) is 9.35. The molecule has 0 aliphatic heterocycles. The second-order valence-corrected chi connectivity index (χ2v) is 8.44. The molecule has 2 aromatic heterocycles. The lowest BCUT2D eigenvalue weighted by Crippen LogP contribution is -1.99. The van der Waals surface area contributed by atoms with Crippen LogP contribution in [0, 0.1) is 19.7 Å². The van der Waals surface area contributed by atoms with E-state index in [4.69, 9.17) is 11.6 Å². The zero-order chi connectivity index (χ0) is 21.6. The quantitative estimate of drug-likeness (QED) is 0.404. The Balaban J connectivity index is 1.93. The SMILES string of the molecule is CCn1cc(-n2c(C)c(Sc3ccc(C)c(C(=O)O)c3)c3ccc(Cl)c(F)c32)cn1. The molecule has 0 saturated heterocycles. The average Bonchev–Trinajstić information content (AvgIpc) is 3.29. The van der Waals surface area contributed by atoms with Gasteiger partial charge in [-0.1, -0.05) is 29.4 Å². The third-order valence-corrected chi connectivity index (χ3v) is 6.56. The Bertz CT molecular complexity index is 1300. The topological polar surface area (TPSA) is 60.0 Å². The van der Waals surface area contributed by atoms with Gasteiger partial charge in [-0.2, -0.15) is 5.10 Å². The van der Waals surface area contributed by atoms with Crippen molar-refractivity contribution < 1.29 is 14.3 Å². The summed E-state index contributed by atoms with van der Waals surface area (Å²) < 4.78 is 18.7. The van der Waals surface area contributed by atoms with Crippen LogP contribution in [0.15, 0.2) is 52.5 Å². The van der Waals surface area contributed by atoms with Crippen LogP contribution in [0.4, 0.5) is 4.39 Å². The molecule has 0 aliphatic carbocycles. The van der Waals surface area contributed by atoms with E-state index in [9.17, 15) is 9.90 Å². The smallest absolute Gasteiger partial charge is 0.335 e. The highest BCUT2D eigenvalue weighted by atomic mass is 35.5. The predicted octanol–water partition coefficient (Wildman–Crippen LogP) is 6.11. The molecule has 0 atom stereocenters. The van der Waals surface area contributed by atoms with E-state index in [1.807, 2.05) is 30.7 Å². The van der Waals surface area contributed by atoms with Crippen molar-refractivity contribution in [3.8, 4) is 5.69 Å². The van der Waals surface area contributed by atoms with Crippen LogP contribution in [0.3, 0.4) is 0 Å². The first-order valence-corrected chi connectivity index (χ1v) is 10.5. The van der Waals surface area contributed by atoms with Crippen LogP contribution >= 0.6 is 23.4 Å². The molecule has 0 bridgehead atoms. The van der Waals surface area contributed by atoms with Gasteiger partial charge in [-0.3, -0.25) is 4.68 Å². The molecule has 8 heteroatoms. The van der Waals surface area contributed by atoms with E-state index in [-0.39, 0.29) is 10.6 Å². The van der Waals surface area contributed by atoms with Crippen LogP contribution in [0.2, 0.25) is 5.02 Å². The number of aromatic carboxylic acids is 1. The summed E-state index contributed by atoms with van der Waals surface area (Å²) in [6.45, 7) is 6.35. The van der Waals surface area contributed by atoms with E-state index >= 15 is 4.39 Å². The van der Waals surface area contributed by atoms with Gasteiger partial charge >= 0.3 is 5.97 Å². The van der Waals surface area contributed by atoms with Crippen molar-refractivity contribution in [2.24, 2.45) is 0 Å². The number of aromatic nitrogens is 3. The van der Waals surface area contributed by atoms with Crippen molar-refractivity contribution in [3.05, 3.63) is 70.4 Å². The first-order chi connectivity index (χ1) is 14.3. The number of rotatable bonds is 5. The van der Waals surface area contributed by atoms with Crippen LogP contribution in [0.1, 0.15) is 28.5 Å². The van der Waals surface area contributed by atoms with Crippen molar-refractivity contribution in [3.63, 3.8) is 0 Å². The number of nitrogens with zero attached hydrogens (tertiary/aromatic N) is 3. The molecule has 4 aromatic rings. The lowest BCUT2D eigenvalue weighted by molar-refractivity contribution is 0.0696. The number of hydrogen-bond acceptors (Lipinski definition) is 3. The number of carbonyl (C=O) groups is 1. The fourth-order valence-electron chi connectivity index (χ4n) is 3.51. The molecule has 5 nitrogen and oxygen atoms in total. The Morgan fingerprint density at radius 1 is 1.27 bits per heavy atom. The number of aryl methyl sites for hydroxylation is 2. The van der Waals surface area contributed by atoms with E-state index in [0.29, 0.717) is 23.0 Å². The molecule has 30 heavy (non-hydrogen) atoms. The van der Waals surface area contributed by atoms with Gasteiger partial charge in [-0.25, -0.2) is 9.18 Å². The molecule has 0 fully saturated rings. The molecule has 2 heterocycles. The van der Waals surface area contributed by atoms with Gasteiger partial charge in [0, 0.05) is 33.6 Å². The molecular weight excluding hydrogens is 425 g/mol. The molecule has 4 rings (SSSR count). The van der Waals surface area contributed by atoms with Gasteiger partial charge in [-0.05, 0) is 50.6 Å². The van der Waals surface area contributed by atoms with Crippen molar-refractivity contribution >= 4 is 40.2 Å². The van der Waals surface area contributed by atoms with Crippen molar-refractivity contribution in [2.75, 3.05) is 0 Å². The summed E-state index contributed by atoms with van der Waals surface area (Å²) in [5.74, 6) is -1.47. The highest BCUT2D eigenvalue weighted by molar-refractivity contribution is 7.99. The lowest BCUT2D eigenvalue weighted by atomic mass is 10.1. The summed E-state index contributed by atoms with van der Waals surface area (Å²) in [7, 11) is 0. The molecule has 154 valence electrons. The summed E-state index contributed by atoms with van der Waals surface area (Å²) in [5, 5.41) is 14.5. The van der Waals surface area contributed by atoms with Crippen molar-refractivity contribution in [1.82, 2.24) is 14.3 Å². The van der Waals surface area contributed by atoms with Crippen molar-refractivity contribution in [1.29, 1.82) is 0 Å². The van der Waals surface area contributed by atoms with Crippen molar-refractivity contribution in [2.45, 2.75) is 37.1 Å². The minimum Gasteiger partial charge on any atom is -0.478 e. The van der Waals surface area contributed by atoms with E-state index < -0.39 is 11.8 Å². The average molecular weight is 444 g/mol. The van der Waals surface area contributed by atoms with Crippen LogP contribution in [-0.2, 0) is 6.54 Å². The van der Waals surface area contributed by atoms with Gasteiger partial charge in [0.2, 0.25) is 0 Å². The Hall–Kier alpha value is -2.77. The second kappa shape index (κ2) is 7.81. The van der Waals surface area contributed by atoms with Gasteiger partial charge in [0.15, 0.2) is 5.82 Å². The second-order valence-electron chi connectivity index (χ2n) is 6.95. The van der Waals surface area contributed by atoms with Crippen LogP contribution in [0.25, 0.3) is 16.6 Å². The zero-order valence-corrected chi connectivity index (χ0v) is 18.2. The molecular formula is C22H19ClFN3O2S. The number of hydrogen-bond donors (Lipinski definition) is 1. The normalized spacial score (nSPS) is 11.4. The lowest BCUT2D eigenvalue weighted by Gasteiger charge is -2.07. The van der Waals surface area contributed by atoms with Gasteiger partial charge in [-0.15, -0.1) is 0 Å². The fourth-order valence-corrected chi connectivity index (χ4v) is 4.73. The molecule has 0 amide bonds. The van der Waals surface area contributed by atoms with Gasteiger partial charge in [0.05, 0.1) is 28.0 Å². The predicted molar refractivity (Wildman–Crippen MR) is 117 cm³/mol. The molecule has 0 unspecified atom stereocenters. The third-order valence-electron chi connectivity index (χ3n) is 5.06. The molecule has 2 aromatic carbocycles. The Morgan fingerprint density at radius 3 is 2.70 bits per heavy atom. The summed E-state index contributed by atoms with van der Waals surface area (Å²) in [4.78, 5) is 13.1. The Labute approximate surface area is 182 Å². The van der Waals surface area contributed by atoms with Gasteiger partial charge in [0.25, 0.3) is 0 Å². The van der Waals surface area contributed by atoms with Gasteiger partial charge in [0.1, 0.15) is 0 Å². The zero-order valence-electron chi connectivity index (χ0n) is 16.6. The minimum absolute atomic E-state index is 0.0455. The van der Waals surface area contributed by atoms with Gasteiger partial charge < -0.3 is 9.67 Å². The molecule has 0 radical (unpaired) electrons. The molecule has 0 saturated carbocycles. The Kier molecular flexibility index (Phi) is 5.34. The summed E-state index contributed by atoms with van der Waals surface area (Å²) in [6, 6.07) is 8.63. The van der Waals surface area contributed by atoms with E-state index in [1.165, 1.54) is 11.8 Å². The third kappa shape index (κ3) is 3.38. The maximum absolute atomic E-state index is 15.1. The molecule has 1 N–H and O–H groups in total. The molecule has 0 spiro atoms. The maximum atomic E-state index is 15.1.